The molecule has 0 aliphatic carbocycles. The standard InChI is InChI=1S/C18H18F3NO3/c1-2-24-15-8-3-4-9-16(15)25-12-17(23)22-11-13-6-5-7-14(10-13)18(19,20)21/h3-10H,2,11-12H2,1H3,(H,22,23). The summed E-state index contributed by atoms with van der Waals surface area (Å²) >= 11 is 0. The van der Waals surface area contributed by atoms with Crippen molar-refractivity contribution in [3.63, 3.8) is 0 Å². The molecule has 0 atom stereocenters. The van der Waals surface area contributed by atoms with E-state index in [1.54, 1.807) is 24.3 Å². The minimum absolute atomic E-state index is 0.0147. The Labute approximate surface area is 143 Å². The number of benzene rings is 2. The molecule has 1 amide bonds. The average Bonchev–Trinajstić information content (AvgIpc) is 2.59. The molecule has 0 saturated heterocycles. The number of ether oxygens (including phenoxy) is 2. The van der Waals surface area contributed by atoms with Crippen LogP contribution in [-0.4, -0.2) is 19.1 Å². The van der Waals surface area contributed by atoms with Crippen molar-refractivity contribution < 1.29 is 27.4 Å². The maximum atomic E-state index is 12.7. The molecular formula is C18H18F3NO3. The first-order valence-electron chi connectivity index (χ1n) is 7.67. The van der Waals surface area contributed by atoms with Gasteiger partial charge in [0.2, 0.25) is 0 Å². The molecule has 2 aromatic rings. The molecule has 0 spiro atoms. The smallest absolute Gasteiger partial charge is 0.416 e. The lowest BCUT2D eigenvalue weighted by molar-refractivity contribution is -0.137. The van der Waals surface area contributed by atoms with Crippen LogP contribution in [0.3, 0.4) is 0 Å². The fraction of sp³-hybridized carbons (Fsp3) is 0.278. The van der Waals surface area contributed by atoms with Gasteiger partial charge >= 0.3 is 6.18 Å². The van der Waals surface area contributed by atoms with Crippen LogP contribution >= 0.6 is 0 Å². The highest BCUT2D eigenvalue weighted by Gasteiger charge is 2.30. The number of para-hydroxylation sites is 2. The second kappa shape index (κ2) is 8.41. The highest BCUT2D eigenvalue weighted by Crippen LogP contribution is 2.29. The molecule has 2 rings (SSSR count). The first-order chi connectivity index (χ1) is 11.9. The van der Waals surface area contributed by atoms with Crippen LogP contribution in [0.2, 0.25) is 0 Å². The summed E-state index contributed by atoms with van der Waals surface area (Å²) in [5, 5.41) is 2.53. The first-order valence-corrected chi connectivity index (χ1v) is 7.67. The number of alkyl halides is 3. The molecule has 0 fully saturated rings. The Balaban J connectivity index is 1.87. The molecule has 0 saturated carbocycles. The molecule has 2 aromatic carbocycles. The molecular weight excluding hydrogens is 335 g/mol. The van der Waals surface area contributed by atoms with Crippen LogP contribution in [0.1, 0.15) is 18.1 Å². The molecule has 0 heterocycles. The molecule has 0 aliphatic rings. The largest absolute Gasteiger partial charge is 0.490 e. The zero-order valence-electron chi connectivity index (χ0n) is 13.6. The summed E-state index contributed by atoms with van der Waals surface area (Å²) in [4.78, 5) is 11.8. The van der Waals surface area contributed by atoms with Crippen molar-refractivity contribution in [1.29, 1.82) is 0 Å². The Morgan fingerprint density at radius 1 is 1.04 bits per heavy atom. The number of carbonyl (C=O) groups is 1. The topological polar surface area (TPSA) is 47.6 Å². The number of hydrogen-bond acceptors (Lipinski definition) is 3. The molecule has 0 unspecified atom stereocenters. The van der Waals surface area contributed by atoms with E-state index in [0.717, 1.165) is 12.1 Å². The first kappa shape index (κ1) is 18.6. The highest BCUT2D eigenvalue weighted by atomic mass is 19.4. The number of rotatable bonds is 7. The Morgan fingerprint density at radius 2 is 1.72 bits per heavy atom. The molecule has 7 heteroatoms. The SMILES string of the molecule is CCOc1ccccc1OCC(=O)NCc1cccc(C(F)(F)F)c1. The van der Waals surface area contributed by atoms with E-state index in [1.165, 1.54) is 12.1 Å². The lowest BCUT2D eigenvalue weighted by Crippen LogP contribution is -2.28. The van der Waals surface area contributed by atoms with Gasteiger partial charge in [0, 0.05) is 6.54 Å². The number of nitrogens with one attached hydrogen (secondary N) is 1. The Morgan fingerprint density at radius 3 is 2.36 bits per heavy atom. The summed E-state index contributed by atoms with van der Waals surface area (Å²) < 4.78 is 48.8. The van der Waals surface area contributed by atoms with E-state index in [1.807, 2.05) is 6.92 Å². The Bertz CT molecular complexity index is 717. The van der Waals surface area contributed by atoms with E-state index in [-0.39, 0.29) is 13.2 Å². The monoisotopic (exact) mass is 353 g/mol. The third-order valence-corrected chi connectivity index (χ3v) is 3.25. The molecule has 1 N–H and O–H groups in total. The molecule has 0 bridgehead atoms. The summed E-state index contributed by atoms with van der Waals surface area (Å²) in [5.74, 6) is 0.512. The fourth-order valence-corrected chi connectivity index (χ4v) is 2.10. The maximum Gasteiger partial charge on any atom is 0.416 e. The van der Waals surface area contributed by atoms with Crippen LogP contribution in [0.15, 0.2) is 48.5 Å². The quantitative estimate of drug-likeness (QED) is 0.824. The third kappa shape index (κ3) is 5.70. The summed E-state index contributed by atoms with van der Waals surface area (Å²) in [6.07, 6.45) is -4.41. The minimum Gasteiger partial charge on any atom is -0.490 e. The predicted molar refractivity (Wildman–Crippen MR) is 86.4 cm³/mol. The summed E-state index contributed by atoms with van der Waals surface area (Å²) in [6.45, 7) is 2.02. The van der Waals surface area contributed by atoms with E-state index in [9.17, 15) is 18.0 Å². The van der Waals surface area contributed by atoms with E-state index in [4.69, 9.17) is 9.47 Å². The fourth-order valence-electron chi connectivity index (χ4n) is 2.10. The van der Waals surface area contributed by atoms with Gasteiger partial charge in [0.25, 0.3) is 5.91 Å². The summed E-state index contributed by atoms with van der Waals surface area (Å²) in [6, 6.07) is 11.7. The van der Waals surface area contributed by atoms with Gasteiger partial charge in [0.15, 0.2) is 18.1 Å². The van der Waals surface area contributed by atoms with Crippen molar-refractivity contribution in [2.24, 2.45) is 0 Å². The van der Waals surface area contributed by atoms with E-state index in [2.05, 4.69) is 5.32 Å². The number of amides is 1. The summed E-state index contributed by atoms with van der Waals surface area (Å²) in [7, 11) is 0. The second-order valence-electron chi connectivity index (χ2n) is 5.14. The van der Waals surface area contributed by atoms with Crippen molar-refractivity contribution in [3.05, 3.63) is 59.7 Å². The van der Waals surface area contributed by atoms with Crippen LogP contribution in [0.4, 0.5) is 13.2 Å². The van der Waals surface area contributed by atoms with Gasteiger partial charge in [-0.3, -0.25) is 4.79 Å². The van der Waals surface area contributed by atoms with Crippen molar-refractivity contribution in [3.8, 4) is 11.5 Å². The van der Waals surface area contributed by atoms with Crippen molar-refractivity contribution in [2.75, 3.05) is 13.2 Å². The lowest BCUT2D eigenvalue weighted by Gasteiger charge is -2.12. The van der Waals surface area contributed by atoms with Gasteiger partial charge in [-0.25, -0.2) is 0 Å². The maximum absolute atomic E-state index is 12.7. The normalized spacial score (nSPS) is 11.0. The summed E-state index contributed by atoms with van der Waals surface area (Å²) in [5.41, 5.74) is -0.390. The number of carbonyl (C=O) groups excluding carboxylic acids is 1. The van der Waals surface area contributed by atoms with Crippen LogP contribution < -0.4 is 14.8 Å². The van der Waals surface area contributed by atoms with E-state index >= 15 is 0 Å². The van der Waals surface area contributed by atoms with Gasteiger partial charge in [-0.1, -0.05) is 24.3 Å². The van der Waals surface area contributed by atoms with E-state index < -0.39 is 17.6 Å². The van der Waals surface area contributed by atoms with Crippen molar-refractivity contribution >= 4 is 5.91 Å². The van der Waals surface area contributed by atoms with Gasteiger partial charge in [0.1, 0.15) is 0 Å². The van der Waals surface area contributed by atoms with Gasteiger partial charge in [-0.2, -0.15) is 13.2 Å². The number of halogens is 3. The molecule has 0 radical (unpaired) electrons. The second-order valence-corrected chi connectivity index (χ2v) is 5.14. The van der Waals surface area contributed by atoms with Crippen LogP contribution in [0.25, 0.3) is 0 Å². The van der Waals surface area contributed by atoms with Crippen LogP contribution in [-0.2, 0) is 17.5 Å². The minimum atomic E-state index is -4.41. The van der Waals surface area contributed by atoms with Gasteiger partial charge in [-0.05, 0) is 36.8 Å². The van der Waals surface area contributed by atoms with Crippen molar-refractivity contribution in [1.82, 2.24) is 5.32 Å². The zero-order valence-corrected chi connectivity index (χ0v) is 13.6. The highest BCUT2D eigenvalue weighted by molar-refractivity contribution is 5.77. The molecule has 134 valence electrons. The van der Waals surface area contributed by atoms with Crippen molar-refractivity contribution in [2.45, 2.75) is 19.6 Å². The molecule has 25 heavy (non-hydrogen) atoms. The Kier molecular flexibility index (Phi) is 6.27. The lowest BCUT2D eigenvalue weighted by atomic mass is 10.1. The Hall–Kier alpha value is -2.70. The van der Waals surface area contributed by atoms with Crippen LogP contribution in [0.5, 0.6) is 11.5 Å². The van der Waals surface area contributed by atoms with Gasteiger partial charge < -0.3 is 14.8 Å². The van der Waals surface area contributed by atoms with Gasteiger partial charge in [-0.15, -0.1) is 0 Å². The molecule has 0 aliphatic heterocycles. The average molecular weight is 353 g/mol. The van der Waals surface area contributed by atoms with Gasteiger partial charge in [0.05, 0.1) is 12.2 Å². The van der Waals surface area contributed by atoms with E-state index in [0.29, 0.717) is 23.7 Å². The zero-order chi connectivity index (χ0) is 18.3. The molecule has 4 nitrogen and oxygen atoms in total. The number of hydrogen-bond donors (Lipinski definition) is 1. The molecule has 0 aromatic heterocycles. The predicted octanol–water partition coefficient (Wildman–Crippen LogP) is 3.80. The third-order valence-electron chi connectivity index (χ3n) is 3.25. The van der Waals surface area contributed by atoms with Crippen LogP contribution in [0, 0.1) is 0 Å².